The van der Waals surface area contributed by atoms with Crippen LogP contribution in [0.3, 0.4) is 0 Å². The van der Waals surface area contributed by atoms with E-state index in [1.54, 1.807) is 5.19 Å². The van der Waals surface area contributed by atoms with Crippen LogP contribution in [0.5, 0.6) is 0 Å². The Balaban J connectivity index is -0.000000107. The van der Waals surface area contributed by atoms with Gasteiger partial charge in [0.2, 0.25) is 0 Å². The molecule has 0 atom stereocenters. The summed E-state index contributed by atoms with van der Waals surface area (Å²) in [6.07, 6.45) is 2.62. The van der Waals surface area contributed by atoms with Gasteiger partial charge in [0.1, 0.15) is 0 Å². The molecule has 0 saturated heterocycles. The van der Waals surface area contributed by atoms with Crippen molar-refractivity contribution in [2.75, 3.05) is 19.8 Å². The molecule has 1 rings (SSSR count). The van der Waals surface area contributed by atoms with Crippen molar-refractivity contribution in [2.24, 2.45) is 0 Å². The fourth-order valence-corrected chi connectivity index (χ4v) is 2.07. The molecule has 0 aliphatic heterocycles. The first kappa shape index (κ1) is 30.2. The molecule has 0 fully saturated rings. The van der Waals surface area contributed by atoms with Gasteiger partial charge in [0.15, 0.2) is 0 Å². The summed E-state index contributed by atoms with van der Waals surface area (Å²) < 4.78 is 0. The third-order valence-corrected chi connectivity index (χ3v) is 4.26. The summed E-state index contributed by atoms with van der Waals surface area (Å²) in [6, 6.07) is 8.69. The van der Waals surface area contributed by atoms with Gasteiger partial charge in [0.05, 0.1) is 0 Å². The van der Waals surface area contributed by atoms with Crippen LogP contribution >= 0.6 is 0 Å². The van der Waals surface area contributed by atoms with E-state index in [-0.39, 0.29) is 26.2 Å². The van der Waals surface area contributed by atoms with Gasteiger partial charge in [-0.15, -0.1) is 0 Å². The SMILES string of the molecule is CCCO.CCCO.CCCO.C[Si](C)(C)[c-]1cccc1.[Zr]. The molecule has 3 nitrogen and oxygen atoms in total. The van der Waals surface area contributed by atoms with E-state index in [1.165, 1.54) is 0 Å². The maximum absolute atomic E-state index is 7.88. The molecule has 0 aliphatic carbocycles. The van der Waals surface area contributed by atoms with E-state index in [0.29, 0.717) is 19.8 Å². The predicted octanol–water partition coefficient (Wildman–Crippen LogP) is 3.11. The Morgan fingerprint density at radius 2 is 0.955 bits per heavy atom. The topological polar surface area (TPSA) is 60.7 Å². The first-order chi connectivity index (χ1) is 9.85. The summed E-state index contributed by atoms with van der Waals surface area (Å²) in [5.41, 5.74) is 0. The van der Waals surface area contributed by atoms with Crippen molar-refractivity contribution in [2.45, 2.75) is 59.7 Å². The van der Waals surface area contributed by atoms with E-state index in [4.69, 9.17) is 15.3 Å². The Labute approximate surface area is 158 Å². The first-order valence-electron chi connectivity index (χ1n) is 7.90. The monoisotopic (exact) mass is 407 g/mol. The van der Waals surface area contributed by atoms with Crippen LogP contribution in [-0.2, 0) is 26.2 Å². The van der Waals surface area contributed by atoms with E-state index in [2.05, 4.69) is 43.9 Å². The second-order valence-corrected chi connectivity index (χ2v) is 10.7. The van der Waals surface area contributed by atoms with Gasteiger partial charge < -0.3 is 15.3 Å². The molecular formula is C17H37O3SiZr-. The van der Waals surface area contributed by atoms with Crippen LogP contribution in [0.2, 0.25) is 19.6 Å². The van der Waals surface area contributed by atoms with Gasteiger partial charge in [-0.25, -0.2) is 12.1 Å². The molecule has 3 N–H and O–H groups in total. The van der Waals surface area contributed by atoms with Crippen LogP contribution in [0.1, 0.15) is 40.0 Å². The first-order valence-corrected chi connectivity index (χ1v) is 11.4. The quantitative estimate of drug-likeness (QED) is 0.530. The fraction of sp³-hybridized carbons (Fsp3) is 0.706. The molecule has 0 aliphatic rings. The van der Waals surface area contributed by atoms with Gasteiger partial charge >= 0.3 is 0 Å². The summed E-state index contributed by atoms with van der Waals surface area (Å²) in [5.74, 6) is 0. The second-order valence-electron chi connectivity index (χ2n) is 5.59. The summed E-state index contributed by atoms with van der Waals surface area (Å²) in [6.45, 7) is 13.8. The minimum Gasteiger partial charge on any atom is -0.396 e. The Bertz CT molecular complexity index is 244. The van der Waals surface area contributed by atoms with Gasteiger partial charge in [-0.2, -0.15) is 17.3 Å². The van der Waals surface area contributed by atoms with Gasteiger partial charge in [-0.3, -0.25) is 0 Å². The number of aliphatic hydroxyl groups is 3. The van der Waals surface area contributed by atoms with Crippen LogP contribution in [0.25, 0.3) is 0 Å². The molecule has 0 radical (unpaired) electrons. The van der Waals surface area contributed by atoms with E-state index >= 15 is 0 Å². The average Bonchev–Trinajstić information content (AvgIpc) is 3.02. The zero-order valence-corrected chi connectivity index (χ0v) is 18.9. The van der Waals surface area contributed by atoms with E-state index in [0.717, 1.165) is 19.3 Å². The molecule has 0 unspecified atom stereocenters. The summed E-state index contributed by atoms with van der Waals surface area (Å²) in [5, 5.41) is 25.2. The second kappa shape index (κ2) is 23.6. The minimum absolute atomic E-state index is 0. The molecule has 132 valence electrons. The number of hydrogen-bond donors (Lipinski definition) is 3. The molecule has 0 aromatic heterocycles. The van der Waals surface area contributed by atoms with Gasteiger partial charge in [-0.05, 0) is 19.3 Å². The normalized spacial score (nSPS) is 8.95. The van der Waals surface area contributed by atoms with Crippen LogP contribution in [0.15, 0.2) is 24.3 Å². The smallest absolute Gasteiger partial charge is 0.0428 e. The van der Waals surface area contributed by atoms with E-state index in [9.17, 15) is 0 Å². The van der Waals surface area contributed by atoms with Crippen molar-refractivity contribution in [3.63, 3.8) is 0 Å². The Morgan fingerprint density at radius 1 is 0.727 bits per heavy atom. The molecule has 0 amide bonds. The van der Waals surface area contributed by atoms with Crippen LogP contribution < -0.4 is 5.19 Å². The number of hydrogen-bond acceptors (Lipinski definition) is 3. The Hall–Kier alpha value is 0.330. The fourth-order valence-electron chi connectivity index (χ4n) is 0.874. The van der Waals surface area contributed by atoms with Gasteiger partial charge in [0.25, 0.3) is 0 Å². The number of rotatable bonds is 4. The molecule has 0 spiro atoms. The summed E-state index contributed by atoms with van der Waals surface area (Å²) in [4.78, 5) is 0. The molecule has 0 heterocycles. The van der Waals surface area contributed by atoms with Crippen molar-refractivity contribution in [3.05, 3.63) is 24.3 Å². The number of aliphatic hydroxyl groups excluding tert-OH is 3. The van der Waals surface area contributed by atoms with E-state index in [1.807, 2.05) is 20.8 Å². The zero-order chi connectivity index (χ0) is 17.1. The Morgan fingerprint density at radius 3 is 1.05 bits per heavy atom. The van der Waals surface area contributed by atoms with Crippen molar-refractivity contribution in [3.8, 4) is 0 Å². The van der Waals surface area contributed by atoms with Crippen molar-refractivity contribution < 1.29 is 41.5 Å². The molecule has 0 bridgehead atoms. The largest absolute Gasteiger partial charge is 0.396 e. The van der Waals surface area contributed by atoms with Crippen LogP contribution in [0.4, 0.5) is 0 Å². The predicted molar refractivity (Wildman–Crippen MR) is 97.1 cm³/mol. The van der Waals surface area contributed by atoms with Crippen LogP contribution in [-0.4, -0.2) is 43.2 Å². The van der Waals surface area contributed by atoms with E-state index < -0.39 is 8.07 Å². The van der Waals surface area contributed by atoms with Gasteiger partial charge in [-0.1, -0.05) is 40.4 Å². The molecular weight excluding hydrogens is 371 g/mol. The third-order valence-electron chi connectivity index (χ3n) is 2.20. The molecule has 0 saturated carbocycles. The molecule has 5 heteroatoms. The van der Waals surface area contributed by atoms with Gasteiger partial charge in [0, 0.05) is 54.1 Å². The maximum atomic E-state index is 7.88. The molecule has 22 heavy (non-hydrogen) atoms. The Kier molecular flexibility index (Phi) is 32.4. The molecule has 1 aromatic carbocycles. The zero-order valence-electron chi connectivity index (χ0n) is 15.4. The van der Waals surface area contributed by atoms with Crippen molar-refractivity contribution in [1.82, 2.24) is 0 Å². The van der Waals surface area contributed by atoms with Crippen molar-refractivity contribution in [1.29, 1.82) is 0 Å². The maximum Gasteiger partial charge on any atom is 0.0428 e. The minimum atomic E-state index is -0.981. The summed E-state index contributed by atoms with van der Waals surface area (Å²) >= 11 is 0. The average molecular weight is 409 g/mol. The molecule has 1 aromatic rings. The third kappa shape index (κ3) is 28.5. The van der Waals surface area contributed by atoms with Crippen LogP contribution in [0, 0.1) is 0 Å². The van der Waals surface area contributed by atoms with Crippen molar-refractivity contribution >= 4 is 13.3 Å². The summed E-state index contributed by atoms with van der Waals surface area (Å²) in [7, 11) is -0.981. The standard InChI is InChI=1S/C8H13Si.3C3H8O.Zr/c1-9(2,3)8-6-4-5-7-8;3*1-2-3-4;/h4-7H,1-3H3;3*4H,2-3H2,1H3;/q-1;;;;.